The largest absolute Gasteiger partial charge is 0.493 e. The molecule has 1 aliphatic rings. The highest BCUT2D eigenvalue weighted by Gasteiger charge is 2.22. The van der Waals surface area contributed by atoms with Crippen LogP contribution in [0.2, 0.25) is 0 Å². The van der Waals surface area contributed by atoms with Crippen molar-refractivity contribution in [2.24, 2.45) is 5.92 Å². The molecular formula is C19H19F2NO2. The van der Waals surface area contributed by atoms with Crippen LogP contribution in [0.15, 0.2) is 42.5 Å². The van der Waals surface area contributed by atoms with Crippen LogP contribution in [-0.2, 0) is 0 Å². The van der Waals surface area contributed by atoms with E-state index in [2.05, 4.69) is 0 Å². The maximum atomic E-state index is 13.4. The zero-order chi connectivity index (χ0) is 17.1. The standard InChI is InChI=1S/C19H19F2NO2/c1-2-22(15-7-10-17(20)18(21)11-15)19(23)14-5-8-16(9-6-14)24-12-13-3-4-13/h5-11,13H,2-4,12H2,1H3. The minimum atomic E-state index is -0.970. The van der Waals surface area contributed by atoms with Gasteiger partial charge in [0.25, 0.3) is 5.91 Å². The van der Waals surface area contributed by atoms with Gasteiger partial charge in [0.05, 0.1) is 6.61 Å². The van der Waals surface area contributed by atoms with Crippen molar-refractivity contribution in [3.8, 4) is 5.75 Å². The van der Waals surface area contributed by atoms with Gasteiger partial charge < -0.3 is 9.64 Å². The molecule has 3 nitrogen and oxygen atoms in total. The summed E-state index contributed by atoms with van der Waals surface area (Å²) in [6.45, 7) is 2.85. The molecule has 0 N–H and O–H groups in total. The van der Waals surface area contributed by atoms with Crippen molar-refractivity contribution < 1.29 is 18.3 Å². The maximum Gasteiger partial charge on any atom is 0.258 e. The second-order valence-corrected chi connectivity index (χ2v) is 5.93. The summed E-state index contributed by atoms with van der Waals surface area (Å²) in [5.41, 5.74) is 0.802. The first-order chi connectivity index (χ1) is 11.6. The third kappa shape index (κ3) is 3.72. The van der Waals surface area contributed by atoms with E-state index in [1.807, 2.05) is 0 Å². The van der Waals surface area contributed by atoms with Crippen molar-refractivity contribution in [2.75, 3.05) is 18.1 Å². The number of anilines is 1. The van der Waals surface area contributed by atoms with E-state index in [-0.39, 0.29) is 5.91 Å². The Hall–Kier alpha value is -2.43. The minimum absolute atomic E-state index is 0.266. The number of ether oxygens (including phenoxy) is 1. The number of amides is 1. The van der Waals surface area contributed by atoms with Gasteiger partial charge in [-0.05, 0) is 62.1 Å². The average molecular weight is 331 g/mol. The zero-order valence-corrected chi connectivity index (χ0v) is 13.5. The first-order valence-electron chi connectivity index (χ1n) is 8.08. The summed E-state index contributed by atoms with van der Waals surface area (Å²) < 4.78 is 32.1. The van der Waals surface area contributed by atoms with Crippen molar-refractivity contribution in [2.45, 2.75) is 19.8 Å². The van der Waals surface area contributed by atoms with Crippen LogP contribution >= 0.6 is 0 Å². The molecule has 126 valence electrons. The van der Waals surface area contributed by atoms with E-state index in [0.717, 1.165) is 17.9 Å². The molecular weight excluding hydrogens is 312 g/mol. The fourth-order valence-corrected chi connectivity index (χ4v) is 2.44. The Balaban J connectivity index is 1.73. The average Bonchev–Trinajstić information content (AvgIpc) is 3.41. The van der Waals surface area contributed by atoms with Gasteiger partial charge in [-0.25, -0.2) is 8.78 Å². The number of benzene rings is 2. The Morgan fingerprint density at radius 1 is 1.12 bits per heavy atom. The summed E-state index contributed by atoms with van der Waals surface area (Å²) >= 11 is 0. The SMILES string of the molecule is CCN(C(=O)c1ccc(OCC2CC2)cc1)c1ccc(F)c(F)c1. The van der Waals surface area contributed by atoms with Crippen LogP contribution in [-0.4, -0.2) is 19.1 Å². The van der Waals surface area contributed by atoms with Crippen LogP contribution in [0, 0.1) is 17.6 Å². The molecule has 0 aliphatic heterocycles. The van der Waals surface area contributed by atoms with E-state index in [1.165, 1.54) is 23.8 Å². The Morgan fingerprint density at radius 2 is 1.83 bits per heavy atom. The predicted molar refractivity (Wildman–Crippen MR) is 88.4 cm³/mol. The molecule has 0 bridgehead atoms. The lowest BCUT2D eigenvalue weighted by Crippen LogP contribution is -2.30. The van der Waals surface area contributed by atoms with E-state index in [4.69, 9.17) is 4.74 Å². The van der Waals surface area contributed by atoms with Crippen LogP contribution in [0.5, 0.6) is 5.75 Å². The number of nitrogens with zero attached hydrogens (tertiary/aromatic N) is 1. The fraction of sp³-hybridized carbons (Fsp3) is 0.316. The Labute approximate surface area is 139 Å². The second kappa shape index (κ2) is 6.99. The zero-order valence-electron chi connectivity index (χ0n) is 13.5. The van der Waals surface area contributed by atoms with Crippen molar-refractivity contribution in [3.05, 3.63) is 59.7 Å². The molecule has 1 saturated carbocycles. The summed E-state index contributed by atoms with van der Waals surface area (Å²) in [6, 6.07) is 10.3. The molecule has 24 heavy (non-hydrogen) atoms. The fourth-order valence-electron chi connectivity index (χ4n) is 2.44. The lowest BCUT2D eigenvalue weighted by molar-refractivity contribution is 0.0988. The lowest BCUT2D eigenvalue weighted by atomic mass is 10.1. The van der Waals surface area contributed by atoms with Crippen LogP contribution in [0.25, 0.3) is 0 Å². The van der Waals surface area contributed by atoms with E-state index < -0.39 is 11.6 Å². The molecule has 1 amide bonds. The summed E-state index contributed by atoms with van der Waals surface area (Å²) in [5, 5.41) is 0. The number of hydrogen-bond donors (Lipinski definition) is 0. The molecule has 0 radical (unpaired) electrons. The number of rotatable bonds is 6. The highest BCUT2D eigenvalue weighted by Crippen LogP contribution is 2.29. The van der Waals surface area contributed by atoms with Gasteiger partial charge in [-0.3, -0.25) is 4.79 Å². The van der Waals surface area contributed by atoms with Gasteiger partial charge in [0, 0.05) is 23.9 Å². The van der Waals surface area contributed by atoms with Crippen molar-refractivity contribution in [1.82, 2.24) is 0 Å². The van der Waals surface area contributed by atoms with Crippen molar-refractivity contribution in [1.29, 1.82) is 0 Å². The monoisotopic (exact) mass is 331 g/mol. The van der Waals surface area contributed by atoms with E-state index >= 15 is 0 Å². The van der Waals surface area contributed by atoms with E-state index in [0.29, 0.717) is 30.3 Å². The van der Waals surface area contributed by atoms with Crippen LogP contribution < -0.4 is 9.64 Å². The third-order valence-electron chi connectivity index (χ3n) is 4.06. The number of carbonyl (C=O) groups is 1. The van der Waals surface area contributed by atoms with E-state index in [9.17, 15) is 13.6 Å². The topological polar surface area (TPSA) is 29.5 Å². The molecule has 3 rings (SSSR count). The molecule has 1 aliphatic carbocycles. The molecule has 0 atom stereocenters. The van der Waals surface area contributed by atoms with Gasteiger partial charge in [0.15, 0.2) is 11.6 Å². The van der Waals surface area contributed by atoms with Crippen molar-refractivity contribution in [3.63, 3.8) is 0 Å². The Bertz CT molecular complexity index is 727. The lowest BCUT2D eigenvalue weighted by Gasteiger charge is -2.21. The van der Waals surface area contributed by atoms with Gasteiger partial charge in [-0.1, -0.05) is 0 Å². The van der Waals surface area contributed by atoms with Gasteiger partial charge in [0.2, 0.25) is 0 Å². The van der Waals surface area contributed by atoms with Gasteiger partial charge in [0.1, 0.15) is 5.75 Å². The molecule has 1 fully saturated rings. The summed E-state index contributed by atoms with van der Waals surface area (Å²) in [5.74, 6) is -0.774. The second-order valence-electron chi connectivity index (χ2n) is 5.93. The minimum Gasteiger partial charge on any atom is -0.493 e. The van der Waals surface area contributed by atoms with Crippen LogP contribution in [0.3, 0.4) is 0 Å². The Morgan fingerprint density at radius 3 is 2.42 bits per heavy atom. The molecule has 2 aromatic carbocycles. The molecule has 0 spiro atoms. The summed E-state index contributed by atoms with van der Waals surface area (Å²) in [4.78, 5) is 14.0. The van der Waals surface area contributed by atoms with Gasteiger partial charge >= 0.3 is 0 Å². The number of carbonyl (C=O) groups excluding carboxylic acids is 1. The molecule has 0 unspecified atom stereocenters. The molecule has 0 heterocycles. The third-order valence-corrected chi connectivity index (χ3v) is 4.06. The smallest absolute Gasteiger partial charge is 0.258 e. The maximum absolute atomic E-state index is 13.4. The molecule has 0 aromatic heterocycles. The quantitative estimate of drug-likeness (QED) is 0.784. The molecule has 0 saturated heterocycles. The van der Waals surface area contributed by atoms with Crippen LogP contribution in [0.1, 0.15) is 30.1 Å². The first-order valence-corrected chi connectivity index (χ1v) is 8.08. The molecule has 5 heteroatoms. The number of halogens is 2. The first kappa shape index (κ1) is 16.4. The number of hydrogen-bond acceptors (Lipinski definition) is 2. The summed E-state index contributed by atoms with van der Waals surface area (Å²) in [7, 11) is 0. The predicted octanol–water partition coefficient (Wildman–Crippen LogP) is 4.42. The normalized spacial score (nSPS) is 13.6. The van der Waals surface area contributed by atoms with Crippen LogP contribution in [0.4, 0.5) is 14.5 Å². The van der Waals surface area contributed by atoms with Crippen molar-refractivity contribution >= 4 is 11.6 Å². The highest BCUT2D eigenvalue weighted by atomic mass is 19.2. The highest BCUT2D eigenvalue weighted by molar-refractivity contribution is 6.06. The van der Waals surface area contributed by atoms with Gasteiger partial charge in [-0.15, -0.1) is 0 Å². The van der Waals surface area contributed by atoms with E-state index in [1.54, 1.807) is 31.2 Å². The molecule has 2 aromatic rings. The van der Waals surface area contributed by atoms with Gasteiger partial charge in [-0.2, -0.15) is 0 Å². The summed E-state index contributed by atoms with van der Waals surface area (Å²) in [6.07, 6.45) is 2.44. The Kier molecular flexibility index (Phi) is 4.79.